The number of benzene rings is 7. The van der Waals surface area contributed by atoms with Crippen LogP contribution in [-0.4, -0.2) is 0 Å². The Balaban J connectivity index is 1.34. The van der Waals surface area contributed by atoms with Gasteiger partial charge in [-0.15, -0.1) is 0 Å². The number of fused-ring (bicyclic) bond motifs is 4. The quantitative estimate of drug-likeness (QED) is 0.155. The minimum absolute atomic E-state index is 0.0739. The lowest BCUT2D eigenvalue weighted by Gasteiger charge is -2.46. The molecule has 0 nitrogen and oxygen atoms in total. The van der Waals surface area contributed by atoms with E-state index in [-0.39, 0.29) is 11.8 Å². The number of hydrogen-bond acceptors (Lipinski definition) is 0. The summed E-state index contributed by atoms with van der Waals surface area (Å²) in [6.07, 6.45) is 6.69. The number of allylic oxidation sites excluding steroid dienone is 1. The molecule has 0 fully saturated rings. The minimum atomic E-state index is -0.422. The molecule has 7 aromatic rings. The van der Waals surface area contributed by atoms with Gasteiger partial charge in [0, 0.05) is 17.3 Å². The standard InChI is InChI=1S/C50H40/c1-35-22-25-40-26-29-48(45(40)30-35)50(41-18-10-4-11-19-41,42-20-12-5-13-21-42)49-46-33-38(31-36-14-6-2-7-15-36)23-27-43(46)44-28-24-39(34-47(44)49)32-37-16-8-3-9-17-37/h2-30,33-34,48-49H,31-32H2,1H3. The molecule has 240 valence electrons. The highest BCUT2D eigenvalue weighted by atomic mass is 14.5. The van der Waals surface area contributed by atoms with Crippen molar-refractivity contribution < 1.29 is 0 Å². The van der Waals surface area contributed by atoms with Crippen LogP contribution in [0.1, 0.15) is 73.0 Å². The Bertz CT molecular complexity index is 2180. The first-order valence-electron chi connectivity index (χ1n) is 17.9. The van der Waals surface area contributed by atoms with Gasteiger partial charge in [0.25, 0.3) is 0 Å². The van der Waals surface area contributed by atoms with Crippen molar-refractivity contribution in [2.24, 2.45) is 0 Å². The van der Waals surface area contributed by atoms with Gasteiger partial charge < -0.3 is 0 Å². The van der Waals surface area contributed by atoms with Gasteiger partial charge in [-0.25, -0.2) is 0 Å². The Morgan fingerprint density at radius 1 is 0.440 bits per heavy atom. The Morgan fingerprint density at radius 3 is 1.42 bits per heavy atom. The molecule has 0 heterocycles. The summed E-state index contributed by atoms with van der Waals surface area (Å²) in [6, 6.07) is 66.2. The predicted octanol–water partition coefficient (Wildman–Crippen LogP) is 12.1. The molecule has 0 aliphatic heterocycles. The molecule has 9 rings (SSSR count). The maximum atomic E-state index is 2.54. The third kappa shape index (κ3) is 5.15. The van der Waals surface area contributed by atoms with Gasteiger partial charge in [-0.1, -0.05) is 194 Å². The van der Waals surface area contributed by atoms with Crippen LogP contribution in [0, 0.1) is 6.92 Å². The van der Waals surface area contributed by atoms with Crippen LogP contribution < -0.4 is 0 Å². The number of rotatable bonds is 8. The second-order valence-corrected chi connectivity index (χ2v) is 14.2. The predicted molar refractivity (Wildman–Crippen MR) is 209 cm³/mol. The third-order valence-corrected chi connectivity index (χ3v) is 11.1. The Kier molecular flexibility index (Phi) is 7.66. The highest BCUT2D eigenvalue weighted by Gasteiger charge is 2.53. The van der Waals surface area contributed by atoms with E-state index in [1.165, 1.54) is 72.3 Å². The van der Waals surface area contributed by atoms with Gasteiger partial charge in [-0.2, -0.15) is 0 Å². The second-order valence-electron chi connectivity index (χ2n) is 14.2. The molecule has 0 amide bonds. The largest absolute Gasteiger partial charge is 0.0751 e. The molecule has 0 bridgehead atoms. The van der Waals surface area contributed by atoms with Crippen molar-refractivity contribution in [3.8, 4) is 11.1 Å². The summed E-state index contributed by atoms with van der Waals surface area (Å²) in [5.41, 5.74) is 17.3. The molecule has 0 radical (unpaired) electrons. The molecule has 2 aliphatic carbocycles. The van der Waals surface area contributed by atoms with Crippen molar-refractivity contribution in [1.29, 1.82) is 0 Å². The van der Waals surface area contributed by atoms with Gasteiger partial charge in [-0.3, -0.25) is 0 Å². The monoisotopic (exact) mass is 640 g/mol. The van der Waals surface area contributed by atoms with E-state index in [9.17, 15) is 0 Å². The van der Waals surface area contributed by atoms with Crippen LogP contribution in [0.5, 0.6) is 0 Å². The summed E-state index contributed by atoms with van der Waals surface area (Å²) in [7, 11) is 0. The lowest BCUT2D eigenvalue weighted by molar-refractivity contribution is 0.416. The first kappa shape index (κ1) is 30.3. The minimum Gasteiger partial charge on any atom is -0.0751 e. The van der Waals surface area contributed by atoms with Gasteiger partial charge in [0.05, 0.1) is 0 Å². The summed E-state index contributed by atoms with van der Waals surface area (Å²) in [4.78, 5) is 0. The van der Waals surface area contributed by atoms with Crippen LogP contribution in [0.3, 0.4) is 0 Å². The fourth-order valence-corrected chi connectivity index (χ4v) is 9.02. The van der Waals surface area contributed by atoms with Crippen molar-refractivity contribution in [1.82, 2.24) is 0 Å². The van der Waals surface area contributed by atoms with E-state index in [1.807, 2.05) is 0 Å². The van der Waals surface area contributed by atoms with E-state index in [0.29, 0.717) is 0 Å². The zero-order valence-corrected chi connectivity index (χ0v) is 28.5. The van der Waals surface area contributed by atoms with Crippen LogP contribution in [0.25, 0.3) is 17.2 Å². The number of aryl methyl sites for hydroxylation is 1. The van der Waals surface area contributed by atoms with Crippen molar-refractivity contribution in [2.75, 3.05) is 0 Å². The average molecular weight is 641 g/mol. The van der Waals surface area contributed by atoms with E-state index in [0.717, 1.165) is 12.8 Å². The SMILES string of the molecule is Cc1ccc2c(c1)C(C(c1ccccc1)(c1ccccc1)C1c3cc(Cc4ccccc4)ccc3-c3ccc(Cc4ccccc4)cc31)C=C2. The van der Waals surface area contributed by atoms with Crippen LogP contribution in [0.15, 0.2) is 182 Å². The highest BCUT2D eigenvalue weighted by molar-refractivity contribution is 5.82. The lowest BCUT2D eigenvalue weighted by atomic mass is 9.55. The van der Waals surface area contributed by atoms with E-state index >= 15 is 0 Å². The molecular formula is C50H40. The van der Waals surface area contributed by atoms with Gasteiger partial charge in [-0.05, 0) is 86.5 Å². The summed E-state index contributed by atoms with van der Waals surface area (Å²) in [5, 5.41) is 0. The van der Waals surface area contributed by atoms with E-state index < -0.39 is 5.41 Å². The number of hydrogen-bond donors (Lipinski definition) is 0. The topological polar surface area (TPSA) is 0 Å². The molecular weight excluding hydrogens is 601 g/mol. The molecule has 1 unspecified atom stereocenters. The molecule has 2 aliphatic rings. The van der Waals surface area contributed by atoms with Crippen LogP contribution in [0.4, 0.5) is 0 Å². The fourth-order valence-electron chi connectivity index (χ4n) is 9.02. The normalized spacial score (nSPS) is 14.7. The molecule has 0 aromatic heterocycles. The van der Waals surface area contributed by atoms with Crippen molar-refractivity contribution in [3.63, 3.8) is 0 Å². The van der Waals surface area contributed by atoms with Gasteiger partial charge in [0.2, 0.25) is 0 Å². The second kappa shape index (κ2) is 12.6. The van der Waals surface area contributed by atoms with Crippen molar-refractivity contribution in [2.45, 2.75) is 37.0 Å². The molecule has 50 heavy (non-hydrogen) atoms. The zero-order valence-electron chi connectivity index (χ0n) is 28.5. The third-order valence-electron chi connectivity index (χ3n) is 11.1. The highest BCUT2D eigenvalue weighted by Crippen LogP contribution is 2.63. The van der Waals surface area contributed by atoms with E-state index in [4.69, 9.17) is 0 Å². The van der Waals surface area contributed by atoms with Gasteiger partial charge >= 0.3 is 0 Å². The maximum absolute atomic E-state index is 2.54. The fraction of sp³-hybridized carbons (Fsp3) is 0.120. The van der Waals surface area contributed by atoms with E-state index in [2.05, 4.69) is 195 Å². The Hall–Kier alpha value is -5.72. The molecule has 0 saturated carbocycles. The average Bonchev–Trinajstić information content (AvgIpc) is 3.73. The van der Waals surface area contributed by atoms with Crippen LogP contribution >= 0.6 is 0 Å². The van der Waals surface area contributed by atoms with E-state index in [1.54, 1.807) is 0 Å². The first-order valence-corrected chi connectivity index (χ1v) is 17.9. The maximum Gasteiger partial charge on any atom is 0.0415 e. The molecule has 0 spiro atoms. The smallest absolute Gasteiger partial charge is 0.0415 e. The first-order chi connectivity index (χ1) is 24.7. The molecule has 0 saturated heterocycles. The van der Waals surface area contributed by atoms with Crippen molar-refractivity contribution >= 4 is 6.08 Å². The molecule has 0 heteroatoms. The van der Waals surface area contributed by atoms with Gasteiger partial charge in [0.1, 0.15) is 0 Å². The Morgan fingerprint density at radius 2 is 0.920 bits per heavy atom. The van der Waals surface area contributed by atoms with Gasteiger partial charge in [0.15, 0.2) is 0 Å². The lowest BCUT2D eigenvalue weighted by Crippen LogP contribution is -2.40. The summed E-state index contributed by atoms with van der Waals surface area (Å²) < 4.78 is 0. The molecule has 7 aromatic carbocycles. The van der Waals surface area contributed by atoms with Crippen LogP contribution in [0.2, 0.25) is 0 Å². The summed E-state index contributed by atoms with van der Waals surface area (Å²) in [6.45, 7) is 2.23. The van der Waals surface area contributed by atoms with Crippen LogP contribution in [-0.2, 0) is 18.3 Å². The molecule has 0 N–H and O–H groups in total. The summed E-state index contributed by atoms with van der Waals surface area (Å²) in [5.74, 6) is 0.200. The molecule has 1 atom stereocenters. The van der Waals surface area contributed by atoms with Crippen molar-refractivity contribution in [3.05, 3.63) is 243 Å². The summed E-state index contributed by atoms with van der Waals surface area (Å²) >= 11 is 0. The Labute approximate surface area is 296 Å². The zero-order chi connectivity index (χ0) is 33.5.